The first-order chi connectivity index (χ1) is 14.6. The van der Waals surface area contributed by atoms with E-state index in [4.69, 9.17) is 4.74 Å². The molecule has 3 aromatic rings. The van der Waals surface area contributed by atoms with Gasteiger partial charge in [-0.05, 0) is 48.4 Å². The number of hydrogen-bond acceptors (Lipinski definition) is 4. The fourth-order valence-electron chi connectivity index (χ4n) is 5.03. The van der Waals surface area contributed by atoms with Crippen LogP contribution in [-0.2, 0) is 12.0 Å². The molecule has 2 atom stereocenters. The second kappa shape index (κ2) is 7.33. The number of rotatable bonds is 4. The number of piperidine rings is 1. The maximum atomic E-state index is 12.8. The summed E-state index contributed by atoms with van der Waals surface area (Å²) >= 11 is 0. The summed E-state index contributed by atoms with van der Waals surface area (Å²) in [6, 6.07) is 20.3. The molecule has 1 fully saturated rings. The molecule has 5 nitrogen and oxygen atoms in total. The molecule has 5 heteroatoms. The Labute approximate surface area is 176 Å². The van der Waals surface area contributed by atoms with Gasteiger partial charge in [0, 0.05) is 48.7 Å². The topological polar surface area (TPSA) is 46.5 Å². The summed E-state index contributed by atoms with van der Waals surface area (Å²) < 4.78 is 7.51. The summed E-state index contributed by atoms with van der Waals surface area (Å²) in [5, 5.41) is 3.55. The van der Waals surface area contributed by atoms with E-state index in [-0.39, 0.29) is 11.0 Å². The number of hydrogen-bond donors (Lipinski definition) is 1. The number of nitrogens with one attached hydrogen (secondary N) is 1. The van der Waals surface area contributed by atoms with E-state index in [0.29, 0.717) is 18.4 Å². The van der Waals surface area contributed by atoms with Crippen LogP contribution in [0.4, 0.5) is 5.69 Å². The average molecular weight is 402 g/mol. The molecule has 0 radical (unpaired) electrons. The molecular weight excluding hydrogens is 374 g/mol. The molecule has 0 aliphatic carbocycles. The van der Waals surface area contributed by atoms with Gasteiger partial charge >= 0.3 is 0 Å². The van der Waals surface area contributed by atoms with Crippen molar-refractivity contribution in [1.82, 2.24) is 9.88 Å². The minimum Gasteiger partial charge on any atom is -0.489 e. The molecular formula is C25H27N3O2. The van der Waals surface area contributed by atoms with Crippen LogP contribution in [0.3, 0.4) is 0 Å². The summed E-state index contributed by atoms with van der Waals surface area (Å²) in [5.41, 5.74) is 4.53. The van der Waals surface area contributed by atoms with Gasteiger partial charge in [0.1, 0.15) is 12.4 Å². The van der Waals surface area contributed by atoms with Crippen molar-refractivity contribution in [1.29, 1.82) is 0 Å². The van der Waals surface area contributed by atoms with Crippen LogP contribution in [0.1, 0.15) is 24.5 Å². The van der Waals surface area contributed by atoms with Gasteiger partial charge in [-0.3, -0.25) is 9.36 Å². The smallest absolute Gasteiger partial charge is 0.258 e. The SMILES string of the molecule is CN1c2ccc(-n3ccc(OCc4ccccc4)cc3=O)cc2C2(C)CNCCC12. The van der Waals surface area contributed by atoms with Gasteiger partial charge in [0.2, 0.25) is 0 Å². The number of anilines is 1. The Morgan fingerprint density at radius 2 is 1.97 bits per heavy atom. The molecule has 1 saturated heterocycles. The number of likely N-dealkylation sites (N-methyl/N-ethyl adjacent to an activating group) is 1. The highest BCUT2D eigenvalue weighted by Crippen LogP contribution is 2.47. The lowest BCUT2D eigenvalue weighted by Crippen LogP contribution is -2.53. The van der Waals surface area contributed by atoms with Crippen molar-refractivity contribution in [2.45, 2.75) is 31.4 Å². The number of benzene rings is 2. The maximum Gasteiger partial charge on any atom is 0.258 e. The molecule has 154 valence electrons. The highest BCUT2D eigenvalue weighted by Gasteiger charge is 2.47. The molecule has 2 aromatic carbocycles. The van der Waals surface area contributed by atoms with E-state index in [1.165, 1.54) is 11.3 Å². The molecule has 30 heavy (non-hydrogen) atoms. The molecule has 0 spiro atoms. The lowest BCUT2D eigenvalue weighted by atomic mass is 9.75. The number of aromatic nitrogens is 1. The average Bonchev–Trinajstić information content (AvgIpc) is 3.00. The fourth-order valence-corrected chi connectivity index (χ4v) is 5.03. The normalized spacial score (nSPS) is 22.5. The number of ether oxygens (including phenoxy) is 1. The van der Waals surface area contributed by atoms with Gasteiger partial charge in [-0.15, -0.1) is 0 Å². The van der Waals surface area contributed by atoms with Crippen LogP contribution < -0.4 is 20.5 Å². The summed E-state index contributed by atoms with van der Waals surface area (Å²) in [7, 11) is 2.19. The fraction of sp³-hybridized carbons (Fsp3) is 0.320. The monoisotopic (exact) mass is 401 g/mol. The van der Waals surface area contributed by atoms with Crippen LogP contribution in [0.5, 0.6) is 5.75 Å². The third kappa shape index (κ3) is 3.10. The van der Waals surface area contributed by atoms with E-state index in [1.54, 1.807) is 10.6 Å². The van der Waals surface area contributed by atoms with E-state index >= 15 is 0 Å². The van der Waals surface area contributed by atoms with Crippen molar-refractivity contribution >= 4 is 5.69 Å². The molecule has 0 amide bonds. The molecule has 3 heterocycles. The number of pyridine rings is 1. The largest absolute Gasteiger partial charge is 0.489 e. The highest BCUT2D eigenvalue weighted by molar-refractivity contribution is 5.67. The van der Waals surface area contributed by atoms with Gasteiger partial charge in [-0.25, -0.2) is 0 Å². The zero-order valence-electron chi connectivity index (χ0n) is 17.5. The Kier molecular flexibility index (Phi) is 4.63. The van der Waals surface area contributed by atoms with Crippen LogP contribution >= 0.6 is 0 Å². The highest BCUT2D eigenvalue weighted by atomic mass is 16.5. The maximum absolute atomic E-state index is 12.8. The van der Waals surface area contributed by atoms with Gasteiger partial charge in [0.05, 0.1) is 0 Å². The van der Waals surface area contributed by atoms with Crippen LogP contribution in [0.25, 0.3) is 5.69 Å². The third-order valence-electron chi connectivity index (χ3n) is 6.68. The minimum absolute atomic E-state index is 0.0562. The first kappa shape index (κ1) is 18.9. The second-order valence-electron chi connectivity index (χ2n) is 8.56. The quantitative estimate of drug-likeness (QED) is 0.727. The molecule has 0 bridgehead atoms. The van der Waals surface area contributed by atoms with Crippen molar-refractivity contribution in [2.75, 3.05) is 25.0 Å². The number of fused-ring (bicyclic) bond motifs is 3. The predicted molar refractivity (Wildman–Crippen MR) is 120 cm³/mol. The van der Waals surface area contributed by atoms with Crippen molar-refractivity contribution in [3.8, 4) is 11.4 Å². The van der Waals surface area contributed by atoms with Gasteiger partial charge < -0.3 is 15.0 Å². The van der Waals surface area contributed by atoms with Gasteiger partial charge in [0.25, 0.3) is 5.56 Å². The molecule has 1 aromatic heterocycles. The van der Waals surface area contributed by atoms with E-state index in [0.717, 1.165) is 30.8 Å². The summed E-state index contributed by atoms with van der Waals surface area (Å²) in [5.74, 6) is 0.588. The lowest BCUT2D eigenvalue weighted by Gasteiger charge is -2.39. The Morgan fingerprint density at radius 3 is 2.77 bits per heavy atom. The lowest BCUT2D eigenvalue weighted by molar-refractivity contribution is 0.304. The minimum atomic E-state index is -0.0877. The Balaban J connectivity index is 1.43. The zero-order valence-corrected chi connectivity index (χ0v) is 17.5. The Hall–Kier alpha value is -3.05. The van der Waals surface area contributed by atoms with E-state index in [9.17, 15) is 4.79 Å². The van der Waals surface area contributed by atoms with E-state index in [2.05, 4.69) is 36.3 Å². The molecule has 2 aliphatic rings. The summed E-state index contributed by atoms with van der Waals surface area (Å²) in [4.78, 5) is 15.2. The Morgan fingerprint density at radius 1 is 1.13 bits per heavy atom. The van der Waals surface area contributed by atoms with Crippen molar-refractivity contribution in [3.05, 3.63) is 88.3 Å². The van der Waals surface area contributed by atoms with Gasteiger partial charge in [-0.2, -0.15) is 0 Å². The van der Waals surface area contributed by atoms with Crippen LogP contribution in [0.15, 0.2) is 71.7 Å². The van der Waals surface area contributed by atoms with Gasteiger partial charge in [-0.1, -0.05) is 37.3 Å². The standard InChI is InChI=1S/C25H27N3O2/c1-25-17-26-12-10-23(25)27(2)22-9-8-19(14-21(22)25)28-13-11-20(15-24(28)29)30-16-18-6-4-3-5-7-18/h3-9,11,13-15,23,26H,10,12,16-17H2,1-2H3. The molecule has 1 N–H and O–H groups in total. The van der Waals surface area contributed by atoms with Crippen LogP contribution in [0, 0.1) is 0 Å². The third-order valence-corrected chi connectivity index (χ3v) is 6.68. The Bertz CT molecular complexity index is 1120. The summed E-state index contributed by atoms with van der Waals surface area (Å²) in [6.45, 7) is 4.79. The first-order valence-corrected chi connectivity index (χ1v) is 10.5. The van der Waals surface area contributed by atoms with Crippen LogP contribution in [-0.4, -0.2) is 30.7 Å². The van der Waals surface area contributed by atoms with Crippen molar-refractivity contribution in [2.24, 2.45) is 0 Å². The molecule has 2 aliphatic heterocycles. The number of nitrogens with zero attached hydrogens (tertiary/aromatic N) is 2. The van der Waals surface area contributed by atoms with E-state index < -0.39 is 0 Å². The van der Waals surface area contributed by atoms with Gasteiger partial charge in [0.15, 0.2) is 0 Å². The van der Waals surface area contributed by atoms with E-state index in [1.807, 2.05) is 48.7 Å². The second-order valence-corrected chi connectivity index (χ2v) is 8.56. The predicted octanol–water partition coefficient (Wildman–Crippen LogP) is 3.49. The molecule has 5 rings (SSSR count). The first-order valence-electron chi connectivity index (χ1n) is 10.5. The molecule has 0 saturated carbocycles. The molecule has 2 unspecified atom stereocenters. The zero-order chi connectivity index (χ0) is 20.7. The van der Waals surface area contributed by atoms with Crippen molar-refractivity contribution < 1.29 is 4.74 Å². The van der Waals surface area contributed by atoms with Crippen molar-refractivity contribution in [3.63, 3.8) is 0 Å². The summed E-state index contributed by atoms with van der Waals surface area (Å²) in [6.07, 6.45) is 2.94. The van der Waals surface area contributed by atoms with Crippen LogP contribution in [0.2, 0.25) is 0 Å².